The lowest BCUT2D eigenvalue weighted by Gasteiger charge is -2.22. The fourth-order valence-corrected chi connectivity index (χ4v) is 3.25. The number of aliphatic hydroxyl groups excluding tert-OH is 1. The third-order valence-corrected chi connectivity index (χ3v) is 5.11. The molecule has 3 N–H and O–H groups in total. The Bertz CT molecular complexity index is 1080. The Morgan fingerprint density at radius 1 is 0.657 bits per heavy atom. The average Bonchev–Trinajstić information content (AvgIpc) is 2.90. The van der Waals surface area contributed by atoms with Crippen molar-refractivity contribution in [3.8, 4) is 0 Å². The molecule has 8 nitrogen and oxygen atoms in total. The molecule has 0 saturated carbocycles. The summed E-state index contributed by atoms with van der Waals surface area (Å²) in [6.07, 6.45) is -0.623. The molecular weight excluding hydrogens is 448 g/mol. The molecule has 35 heavy (non-hydrogen) atoms. The fraction of sp³-hybridized carbons (Fsp3) is 0.222. The van der Waals surface area contributed by atoms with E-state index in [0.29, 0.717) is 0 Å². The van der Waals surface area contributed by atoms with Gasteiger partial charge in [0.25, 0.3) is 0 Å². The van der Waals surface area contributed by atoms with Crippen LogP contribution in [0.1, 0.15) is 16.7 Å². The average molecular weight is 477 g/mol. The van der Waals surface area contributed by atoms with E-state index in [4.69, 9.17) is 9.47 Å². The third-order valence-electron chi connectivity index (χ3n) is 5.11. The van der Waals surface area contributed by atoms with Gasteiger partial charge in [-0.15, -0.1) is 0 Å². The molecule has 3 aromatic carbocycles. The molecule has 0 heterocycles. The Morgan fingerprint density at radius 3 is 1.66 bits per heavy atom. The van der Waals surface area contributed by atoms with Gasteiger partial charge in [0.15, 0.2) is 6.04 Å². The highest BCUT2D eigenvalue weighted by Gasteiger charge is 2.28. The maximum Gasteiger partial charge on any atom is 0.408 e. The number of alkyl carbamates (subject to hydrolysis) is 1. The summed E-state index contributed by atoms with van der Waals surface area (Å²) < 4.78 is 10.5. The lowest BCUT2D eigenvalue weighted by molar-refractivity contribution is -0.150. The van der Waals surface area contributed by atoms with Crippen molar-refractivity contribution in [1.82, 2.24) is 10.6 Å². The van der Waals surface area contributed by atoms with Crippen LogP contribution in [0.2, 0.25) is 0 Å². The first-order chi connectivity index (χ1) is 17.0. The van der Waals surface area contributed by atoms with Crippen molar-refractivity contribution in [2.45, 2.75) is 31.7 Å². The zero-order valence-electron chi connectivity index (χ0n) is 19.1. The van der Waals surface area contributed by atoms with Crippen LogP contribution in [0.5, 0.6) is 0 Å². The molecule has 3 aromatic rings. The number of amides is 2. The summed E-state index contributed by atoms with van der Waals surface area (Å²) in [5, 5.41) is 14.7. The Balaban J connectivity index is 1.61. The highest BCUT2D eigenvalue weighted by molar-refractivity contribution is 5.90. The van der Waals surface area contributed by atoms with Crippen LogP contribution in [0.3, 0.4) is 0 Å². The number of benzene rings is 3. The largest absolute Gasteiger partial charge is 0.459 e. The summed E-state index contributed by atoms with van der Waals surface area (Å²) in [7, 11) is 0. The predicted molar refractivity (Wildman–Crippen MR) is 129 cm³/mol. The van der Waals surface area contributed by atoms with Crippen LogP contribution in [-0.4, -0.2) is 41.8 Å². The molecule has 2 amide bonds. The van der Waals surface area contributed by atoms with Gasteiger partial charge >= 0.3 is 12.1 Å². The topological polar surface area (TPSA) is 114 Å². The van der Waals surface area contributed by atoms with E-state index >= 15 is 0 Å². The molecule has 2 atom stereocenters. The molecule has 0 fully saturated rings. The first-order valence-corrected chi connectivity index (χ1v) is 11.2. The van der Waals surface area contributed by atoms with Crippen LogP contribution in [0.25, 0.3) is 0 Å². The van der Waals surface area contributed by atoms with Gasteiger partial charge in [0, 0.05) is 6.42 Å². The number of aliphatic hydroxyl groups is 1. The lowest BCUT2D eigenvalue weighted by atomic mass is 10.1. The maximum atomic E-state index is 13.0. The molecule has 0 bridgehead atoms. The number of ether oxygens (including phenoxy) is 2. The quantitative estimate of drug-likeness (QED) is 0.367. The summed E-state index contributed by atoms with van der Waals surface area (Å²) >= 11 is 0. The van der Waals surface area contributed by atoms with E-state index in [1.807, 2.05) is 78.9 Å². The van der Waals surface area contributed by atoms with Crippen LogP contribution in [0, 0.1) is 0 Å². The Morgan fingerprint density at radius 2 is 1.14 bits per heavy atom. The van der Waals surface area contributed by atoms with E-state index in [1.165, 1.54) is 0 Å². The number of hydrogen-bond donors (Lipinski definition) is 3. The minimum absolute atomic E-state index is 0.00352. The van der Waals surface area contributed by atoms with Crippen molar-refractivity contribution >= 4 is 18.0 Å². The standard InChI is InChI=1S/C27H28N2O6/c30-17-24(26(32)34-18-21-12-6-2-7-13-21)28-25(31)23(16-20-10-4-1-5-11-20)29-27(33)35-19-22-14-8-3-9-15-22/h1-15,23-24,30H,16-19H2,(H,28,31)(H,29,33)/t23-,24-/m0/s1. The summed E-state index contributed by atoms with van der Waals surface area (Å²) in [6, 6.07) is 24.9. The molecule has 0 aliphatic rings. The highest BCUT2D eigenvalue weighted by atomic mass is 16.5. The van der Waals surface area contributed by atoms with Crippen LogP contribution in [0.15, 0.2) is 91.0 Å². The molecule has 0 unspecified atom stereocenters. The number of esters is 1. The number of nitrogens with one attached hydrogen (secondary N) is 2. The van der Waals surface area contributed by atoms with Crippen LogP contribution in [-0.2, 0) is 38.7 Å². The molecular formula is C27H28N2O6. The van der Waals surface area contributed by atoms with Crippen molar-refractivity contribution in [2.24, 2.45) is 0 Å². The van der Waals surface area contributed by atoms with Crippen LogP contribution < -0.4 is 10.6 Å². The minimum Gasteiger partial charge on any atom is -0.459 e. The third kappa shape index (κ3) is 8.60. The van der Waals surface area contributed by atoms with Gasteiger partial charge in [0.05, 0.1) is 6.61 Å². The van der Waals surface area contributed by atoms with E-state index < -0.39 is 36.7 Å². The zero-order valence-corrected chi connectivity index (χ0v) is 19.1. The maximum absolute atomic E-state index is 13.0. The van der Waals surface area contributed by atoms with Crippen molar-refractivity contribution in [3.63, 3.8) is 0 Å². The second-order valence-corrected chi connectivity index (χ2v) is 7.79. The molecule has 0 aliphatic carbocycles. The molecule has 0 aromatic heterocycles. The summed E-state index contributed by atoms with van der Waals surface area (Å²) in [5.74, 6) is -1.43. The molecule has 3 rings (SSSR count). The highest BCUT2D eigenvalue weighted by Crippen LogP contribution is 2.07. The molecule has 182 valence electrons. The first-order valence-electron chi connectivity index (χ1n) is 11.2. The number of carbonyl (C=O) groups excluding carboxylic acids is 3. The smallest absolute Gasteiger partial charge is 0.408 e. The molecule has 0 spiro atoms. The van der Waals surface area contributed by atoms with E-state index in [1.54, 1.807) is 12.1 Å². The number of rotatable bonds is 11. The van der Waals surface area contributed by atoms with Crippen molar-refractivity contribution in [3.05, 3.63) is 108 Å². The van der Waals surface area contributed by atoms with Crippen LogP contribution >= 0.6 is 0 Å². The SMILES string of the molecule is O=C(N[C@@H](Cc1ccccc1)C(=O)N[C@@H](CO)C(=O)OCc1ccccc1)OCc1ccccc1. The normalized spacial score (nSPS) is 12.1. The lowest BCUT2D eigenvalue weighted by Crippen LogP contribution is -2.53. The fourth-order valence-electron chi connectivity index (χ4n) is 3.25. The molecule has 0 aliphatic heterocycles. The van der Waals surface area contributed by atoms with E-state index in [9.17, 15) is 19.5 Å². The summed E-state index contributed by atoms with van der Waals surface area (Å²) in [5.41, 5.74) is 2.37. The van der Waals surface area contributed by atoms with E-state index in [2.05, 4.69) is 10.6 Å². The predicted octanol–water partition coefficient (Wildman–Crippen LogP) is 2.74. The monoisotopic (exact) mass is 476 g/mol. The minimum atomic E-state index is -1.29. The van der Waals surface area contributed by atoms with Gasteiger partial charge in [-0.3, -0.25) is 4.79 Å². The van der Waals surface area contributed by atoms with Crippen molar-refractivity contribution in [2.75, 3.05) is 6.61 Å². The van der Waals surface area contributed by atoms with Gasteiger partial charge in [-0.05, 0) is 16.7 Å². The Hall–Kier alpha value is -4.17. The zero-order chi connectivity index (χ0) is 24.9. The van der Waals surface area contributed by atoms with Gasteiger partial charge in [-0.1, -0.05) is 91.0 Å². The van der Waals surface area contributed by atoms with Gasteiger partial charge in [0.2, 0.25) is 5.91 Å². The Labute approximate surface area is 203 Å². The van der Waals surface area contributed by atoms with Gasteiger partial charge < -0.3 is 25.2 Å². The summed E-state index contributed by atoms with van der Waals surface area (Å²) in [4.78, 5) is 37.9. The molecule has 0 saturated heterocycles. The van der Waals surface area contributed by atoms with Gasteiger partial charge in [0.1, 0.15) is 19.3 Å². The second kappa shape index (κ2) is 13.5. The molecule has 8 heteroatoms. The first kappa shape index (κ1) is 25.5. The van der Waals surface area contributed by atoms with Gasteiger partial charge in [-0.25, -0.2) is 9.59 Å². The van der Waals surface area contributed by atoms with Crippen molar-refractivity contribution in [1.29, 1.82) is 0 Å². The van der Waals surface area contributed by atoms with E-state index in [-0.39, 0.29) is 19.6 Å². The second-order valence-electron chi connectivity index (χ2n) is 7.79. The number of carbonyl (C=O) groups is 3. The number of hydrogen-bond acceptors (Lipinski definition) is 6. The summed E-state index contributed by atoms with van der Waals surface area (Å²) in [6.45, 7) is -0.614. The van der Waals surface area contributed by atoms with E-state index in [0.717, 1.165) is 16.7 Å². The van der Waals surface area contributed by atoms with Crippen LogP contribution in [0.4, 0.5) is 4.79 Å². The van der Waals surface area contributed by atoms with Gasteiger partial charge in [-0.2, -0.15) is 0 Å². The van der Waals surface area contributed by atoms with Crippen molar-refractivity contribution < 1.29 is 29.0 Å². The molecule has 0 radical (unpaired) electrons. The Kier molecular flexibility index (Phi) is 9.83.